The Morgan fingerprint density at radius 2 is 1.63 bits per heavy atom. The van der Waals surface area contributed by atoms with Crippen LogP contribution in [-0.2, 0) is 51.5 Å². The zero-order valence-corrected chi connectivity index (χ0v) is 22.5. The number of ether oxygens (including phenoxy) is 3. The number of amides is 2. The minimum Gasteiger partial charge on any atom is -0.438 e. The Bertz CT molecular complexity index is 954. The van der Waals surface area contributed by atoms with Crippen LogP contribution >= 0.6 is 7.82 Å². The third kappa shape index (κ3) is 7.44. The van der Waals surface area contributed by atoms with Crippen LogP contribution < -0.4 is 5.32 Å². The minimum absolute atomic E-state index is 0.552. The summed E-state index contributed by atoms with van der Waals surface area (Å²) in [5.41, 5.74) is -4.62. The topological polar surface area (TPSA) is 193 Å². The zero-order valence-electron chi connectivity index (χ0n) is 21.6. The molecule has 216 valence electrons. The number of carbonyl (C=O) groups excluding carboxylic acids is 4. The van der Waals surface area contributed by atoms with Crippen molar-refractivity contribution < 1.29 is 66.1 Å². The molecule has 0 spiro atoms. The van der Waals surface area contributed by atoms with E-state index in [-0.39, 0.29) is 0 Å². The number of phosphoric acid groups is 1. The second-order valence-electron chi connectivity index (χ2n) is 9.55. The Labute approximate surface area is 218 Å². The summed E-state index contributed by atoms with van der Waals surface area (Å²) in [6.45, 7) is 2.83. The Kier molecular flexibility index (Phi) is 10.7. The number of esters is 2. The van der Waals surface area contributed by atoms with Crippen molar-refractivity contribution in [1.29, 1.82) is 0 Å². The largest absolute Gasteiger partial charge is 0.480 e. The number of hydrogen-bond donors (Lipinski definition) is 3. The minimum atomic E-state index is -4.77. The number of aliphatic hydroxyl groups excluding tert-OH is 1. The number of alkyl halides is 1. The summed E-state index contributed by atoms with van der Waals surface area (Å²) >= 11 is 0. The van der Waals surface area contributed by atoms with Gasteiger partial charge < -0.3 is 24.4 Å². The maximum absolute atomic E-state index is 14.4. The maximum Gasteiger partial charge on any atom is 0.480 e. The molecule has 2 aliphatic heterocycles. The molecule has 2 rings (SSSR count). The SMILES string of the molecule is CC(C)C(=O)OCOP(=O)(OCOC(=O)C(C)C)OC[C@@]1(CF)O[C@@H](C2C=CC(=O)NC2=O)[C@](C)(O)[C@@H]1O. The second kappa shape index (κ2) is 12.7. The molecule has 2 aliphatic rings. The van der Waals surface area contributed by atoms with Gasteiger partial charge in [-0.1, -0.05) is 33.8 Å². The van der Waals surface area contributed by atoms with Gasteiger partial charge in [0.25, 0.3) is 0 Å². The molecule has 0 aliphatic carbocycles. The van der Waals surface area contributed by atoms with E-state index in [9.17, 15) is 38.3 Å². The van der Waals surface area contributed by atoms with Gasteiger partial charge in [-0.2, -0.15) is 0 Å². The molecule has 0 saturated carbocycles. The van der Waals surface area contributed by atoms with Crippen molar-refractivity contribution in [2.75, 3.05) is 26.9 Å². The summed E-state index contributed by atoms with van der Waals surface area (Å²) in [5, 5.41) is 23.7. The second-order valence-corrected chi connectivity index (χ2v) is 11.2. The number of imide groups is 1. The molecule has 16 heteroatoms. The Balaban J connectivity index is 2.21. The molecule has 38 heavy (non-hydrogen) atoms. The van der Waals surface area contributed by atoms with Gasteiger partial charge in [0.2, 0.25) is 25.4 Å². The summed E-state index contributed by atoms with van der Waals surface area (Å²) in [6.07, 6.45) is -1.45. The highest BCUT2D eigenvalue weighted by atomic mass is 31.2. The van der Waals surface area contributed by atoms with Crippen LogP contribution in [0.4, 0.5) is 4.39 Å². The van der Waals surface area contributed by atoms with Crippen molar-refractivity contribution in [3.05, 3.63) is 12.2 Å². The summed E-state index contributed by atoms with van der Waals surface area (Å²) in [4.78, 5) is 47.1. The van der Waals surface area contributed by atoms with E-state index in [2.05, 4.69) is 0 Å². The maximum atomic E-state index is 14.4. The van der Waals surface area contributed by atoms with Gasteiger partial charge in [-0.25, -0.2) is 18.0 Å². The van der Waals surface area contributed by atoms with Gasteiger partial charge in [-0.05, 0) is 6.92 Å². The first-order valence-electron chi connectivity index (χ1n) is 11.6. The van der Waals surface area contributed by atoms with Crippen molar-refractivity contribution >= 4 is 31.6 Å². The van der Waals surface area contributed by atoms with Crippen LogP contribution in [0.3, 0.4) is 0 Å². The summed E-state index contributed by atoms with van der Waals surface area (Å²) in [7, 11) is -4.77. The van der Waals surface area contributed by atoms with Crippen LogP contribution in [0.15, 0.2) is 12.2 Å². The monoisotopic (exact) mass is 569 g/mol. The number of rotatable bonds is 13. The highest BCUT2D eigenvalue weighted by molar-refractivity contribution is 7.48. The molecule has 5 atom stereocenters. The van der Waals surface area contributed by atoms with E-state index in [0.29, 0.717) is 0 Å². The standard InChI is InChI=1S/C22H33FNO13P/c1-12(2)18(27)32-10-35-38(31,36-11-33-19(28)13(3)4)34-9-22(8-23)20(29)21(5,30)16(37-22)14-6-7-15(25)24-17(14)26/h6-7,12-14,16,20,29-30H,8-11H2,1-5H3,(H,24,25,26)/t14?,16-,20-,21-,22+/m0/s1. The number of halogens is 1. The molecule has 1 fully saturated rings. The van der Waals surface area contributed by atoms with Gasteiger partial charge in [0, 0.05) is 6.08 Å². The van der Waals surface area contributed by atoms with Crippen LogP contribution in [0.25, 0.3) is 0 Å². The fraction of sp³-hybridized carbons (Fsp3) is 0.727. The smallest absolute Gasteiger partial charge is 0.438 e. The van der Waals surface area contributed by atoms with Gasteiger partial charge in [-0.15, -0.1) is 0 Å². The number of phosphoric ester groups is 1. The predicted molar refractivity (Wildman–Crippen MR) is 123 cm³/mol. The van der Waals surface area contributed by atoms with E-state index in [0.717, 1.165) is 19.1 Å². The van der Waals surface area contributed by atoms with E-state index in [1.54, 1.807) is 0 Å². The van der Waals surface area contributed by atoms with Gasteiger partial charge in [-0.3, -0.25) is 29.0 Å². The molecule has 0 bridgehead atoms. The lowest BCUT2D eigenvalue weighted by Gasteiger charge is -2.32. The molecule has 1 unspecified atom stereocenters. The highest BCUT2D eigenvalue weighted by Gasteiger charge is 2.64. The summed E-state index contributed by atoms with van der Waals surface area (Å²) < 4.78 is 57.7. The molecule has 0 radical (unpaired) electrons. The van der Waals surface area contributed by atoms with Crippen LogP contribution in [-0.4, -0.2) is 84.2 Å². The number of aliphatic hydroxyl groups is 2. The van der Waals surface area contributed by atoms with Crippen LogP contribution in [0.5, 0.6) is 0 Å². The number of carbonyl (C=O) groups is 4. The lowest BCUT2D eigenvalue weighted by Crippen LogP contribution is -2.55. The number of nitrogens with one attached hydrogen (secondary N) is 1. The van der Waals surface area contributed by atoms with Crippen molar-refractivity contribution in [2.24, 2.45) is 17.8 Å². The van der Waals surface area contributed by atoms with E-state index in [1.165, 1.54) is 27.7 Å². The highest BCUT2D eigenvalue weighted by Crippen LogP contribution is 2.52. The van der Waals surface area contributed by atoms with E-state index in [1.807, 2.05) is 5.32 Å². The normalized spacial score (nSPS) is 29.6. The molecule has 14 nitrogen and oxygen atoms in total. The van der Waals surface area contributed by atoms with Crippen molar-refractivity contribution in [3.63, 3.8) is 0 Å². The summed E-state index contributed by atoms with van der Waals surface area (Å²) in [5.74, 6) is -5.40. The van der Waals surface area contributed by atoms with E-state index in [4.69, 9.17) is 27.8 Å². The lowest BCUT2D eigenvalue weighted by atomic mass is 9.81. The first-order valence-corrected chi connectivity index (χ1v) is 13.1. The average Bonchev–Trinajstić information content (AvgIpc) is 3.03. The van der Waals surface area contributed by atoms with Crippen LogP contribution in [0, 0.1) is 17.8 Å². The first kappa shape index (κ1) is 32.0. The Morgan fingerprint density at radius 3 is 2.08 bits per heavy atom. The lowest BCUT2D eigenvalue weighted by molar-refractivity contribution is -0.160. The van der Waals surface area contributed by atoms with Crippen LogP contribution in [0.2, 0.25) is 0 Å². The fourth-order valence-electron chi connectivity index (χ4n) is 3.51. The molecule has 3 N–H and O–H groups in total. The molecular formula is C22H33FNO13P. The molecule has 0 aromatic rings. The van der Waals surface area contributed by atoms with E-state index < -0.39 is 99.6 Å². The Hall–Kier alpha value is -2.26. The van der Waals surface area contributed by atoms with Crippen molar-refractivity contribution in [2.45, 2.75) is 58.0 Å². The fourth-order valence-corrected chi connectivity index (χ4v) is 4.48. The molecule has 1 saturated heterocycles. The van der Waals surface area contributed by atoms with Gasteiger partial charge in [0.1, 0.15) is 30.1 Å². The first-order chi connectivity index (χ1) is 17.6. The molecule has 2 amide bonds. The average molecular weight is 569 g/mol. The number of hydrogen-bond acceptors (Lipinski definition) is 13. The molecule has 2 heterocycles. The zero-order chi connectivity index (χ0) is 28.9. The van der Waals surface area contributed by atoms with Crippen molar-refractivity contribution in [3.8, 4) is 0 Å². The predicted octanol–water partition coefficient (Wildman–Crippen LogP) is 0.506. The molecule has 0 aromatic carbocycles. The third-order valence-corrected chi connectivity index (χ3v) is 7.07. The van der Waals surface area contributed by atoms with Crippen LogP contribution in [0.1, 0.15) is 34.6 Å². The van der Waals surface area contributed by atoms with Gasteiger partial charge >= 0.3 is 19.8 Å². The van der Waals surface area contributed by atoms with Crippen molar-refractivity contribution in [1.82, 2.24) is 5.32 Å². The molecule has 0 aromatic heterocycles. The quantitative estimate of drug-likeness (QED) is 0.120. The third-order valence-electron chi connectivity index (χ3n) is 5.78. The van der Waals surface area contributed by atoms with E-state index >= 15 is 0 Å². The Morgan fingerprint density at radius 1 is 1.11 bits per heavy atom. The van der Waals surface area contributed by atoms with Gasteiger partial charge in [0.15, 0.2) is 0 Å². The van der Waals surface area contributed by atoms with Gasteiger partial charge in [0.05, 0.1) is 24.4 Å². The summed E-state index contributed by atoms with van der Waals surface area (Å²) in [6, 6.07) is 0. The molecular weight excluding hydrogens is 536 g/mol.